The second-order valence-corrected chi connectivity index (χ2v) is 23.9. The van der Waals surface area contributed by atoms with Crippen LogP contribution in [0.5, 0.6) is 0 Å². The second kappa shape index (κ2) is 56.4. The molecular weight excluding hydrogens is 954 g/mol. The molecule has 0 aliphatic carbocycles. The van der Waals surface area contributed by atoms with Gasteiger partial charge in [0.25, 0.3) is 0 Å². The maximum Gasteiger partial charge on any atom is 0.472 e. The fourth-order valence-corrected chi connectivity index (χ4v) is 9.69. The summed E-state index contributed by atoms with van der Waals surface area (Å²) in [5, 5.41) is 0. The van der Waals surface area contributed by atoms with Crippen molar-refractivity contribution >= 4 is 19.8 Å². The normalized spacial score (nSPS) is 13.6. The number of hydrogen-bond donors (Lipinski definition) is 1. The molecule has 0 aromatic heterocycles. The van der Waals surface area contributed by atoms with E-state index in [1.165, 1.54) is 180 Å². The van der Waals surface area contributed by atoms with Gasteiger partial charge in [0, 0.05) is 12.8 Å². The van der Waals surface area contributed by atoms with E-state index in [1.807, 2.05) is 21.1 Å². The summed E-state index contributed by atoms with van der Waals surface area (Å²) in [7, 11) is 1.48. The number of nitrogens with zero attached hydrogens (tertiary/aromatic N) is 1. The van der Waals surface area contributed by atoms with E-state index in [-0.39, 0.29) is 32.0 Å². The van der Waals surface area contributed by atoms with Crippen molar-refractivity contribution in [1.29, 1.82) is 0 Å². The van der Waals surface area contributed by atoms with Crippen LogP contribution in [0.3, 0.4) is 0 Å². The molecule has 10 heteroatoms. The summed E-state index contributed by atoms with van der Waals surface area (Å²) in [6, 6.07) is 0. The van der Waals surface area contributed by atoms with E-state index in [1.54, 1.807) is 0 Å². The molecule has 0 aromatic carbocycles. The Hall–Kier alpha value is -2.29. The Labute approximate surface area is 464 Å². The molecule has 0 aromatic rings. The molecule has 438 valence electrons. The first-order valence-corrected chi connectivity index (χ1v) is 33.0. The van der Waals surface area contributed by atoms with E-state index in [9.17, 15) is 19.0 Å². The number of ether oxygens (including phenoxy) is 2. The summed E-state index contributed by atoms with van der Waals surface area (Å²) in [6.45, 7) is 4.34. The van der Waals surface area contributed by atoms with E-state index < -0.39 is 26.5 Å². The van der Waals surface area contributed by atoms with Gasteiger partial charge in [-0.2, -0.15) is 0 Å². The molecule has 0 saturated heterocycles. The van der Waals surface area contributed by atoms with Crippen LogP contribution in [0.1, 0.15) is 290 Å². The fraction of sp³-hybridized carbons (Fsp3) is 0.815. The number of quaternary nitrogens is 1. The van der Waals surface area contributed by atoms with Crippen LogP contribution in [-0.4, -0.2) is 74.9 Å². The first kappa shape index (κ1) is 72.7. The number of unbranched alkanes of at least 4 members (excludes halogenated alkanes) is 34. The lowest BCUT2D eigenvalue weighted by atomic mass is 10.0. The van der Waals surface area contributed by atoms with Gasteiger partial charge in [-0.1, -0.05) is 261 Å². The average molecular weight is 1080 g/mol. The van der Waals surface area contributed by atoms with Crippen LogP contribution in [0.15, 0.2) is 60.8 Å². The summed E-state index contributed by atoms with van der Waals surface area (Å²) < 4.78 is 34.6. The summed E-state index contributed by atoms with van der Waals surface area (Å²) >= 11 is 0. The van der Waals surface area contributed by atoms with Crippen LogP contribution in [-0.2, 0) is 32.7 Å². The Morgan fingerprint density at radius 3 is 1.15 bits per heavy atom. The topological polar surface area (TPSA) is 108 Å². The highest BCUT2D eigenvalue weighted by Gasteiger charge is 2.27. The quantitative estimate of drug-likeness (QED) is 0.0211. The molecule has 2 unspecified atom stereocenters. The fourth-order valence-electron chi connectivity index (χ4n) is 8.95. The zero-order valence-corrected chi connectivity index (χ0v) is 50.7. The van der Waals surface area contributed by atoms with Crippen LogP contribution in [0, 0.1) is 0 Å². The monoisotopic (exact) mass is 1070 g/mol. The first-order valence-electron chi connectivity index (χ1n) is 31.5. The molecule has 0 spiro atoms. The predicted octanol–water partition coefficient (Wildman–Crippen LogP) is 19.9. The molecule has 0 bridgehead atoms. The highest BCUT2D eigenvalue weighted by molar-refractivity contribution is 7.47. The van der Waals surface area contributed by atoms with Crippen molar-refractivity contribution in [1.82, 2.24) is 0 Å². The Balaban J connectivity index is 3.98. The van der Waals surface area contributed by atoms with Crippen molar-refractivity contribution in [3.63, 3.8) is 0 Å². The van der Waals surface area contributed by atoms with Crippen molar-refractivity contribution in [2.24, 2.45) is 0 Å². The number of rotatable bonds is 58. The number of phosphoric acid groups is 1. The molecule has 2 atom stereocenters. The number of likely N-dealkylation sites (N-methyl/N-ethyl adjacent to an activating group) is 1. The van der Waals surface area contributed by atoms with E-state index >= 15 is 0 Å². The number of hydrogen-bond acceptors (Lipinski definition) is 7. The van der Waals surface area contributed by atoms with Crippen molar-refractivity contribution in [2.45, 2.75) is 296 Å². The van der Waals surface area contributed by atoms with Gasteiger partial charge in [0.15, 0.2) is 6.10 Å². The maximum atomic E-state index is 12.8. The van der Waals surface area contributed by atoms with Gasteiger partial charge in [0.1, 0.15) is 19.8 Å². The van der Waals surface area contributed by atoms with Gasteiger partial charge in [-0.05, 0) is 77.0 Å². The third-order valence-electron chi connectivity index (χ3n) is 13.8. The van der Waals surface area contributed by atoms with Crippen LogP contribution < -0.4 is 0 Å². The molecule has 0 rings (SSSR count). The van der Waals surface area contributed by atoms with Crippen LogP contribution in [0.4, 0.5) is 0 Å². The van der Waals surface area contributed by atoms with Crippen LogP contribution in [0.2, 0.25) is 0 Å². The number of phosphoric ester groups is 1. The van der Waals surface area contributed by atoms with Crippen molar-refractivity contribution in [3.05, 3.63) is 60.8 Å². The SMILES string of the molecule is CC/C=C\C/C=C\C/C=C\C/C=C\CCCCCCCCCCCCCCCCCCCCCCCCC(=O)OC(COC(=O)CCCCCCC/C=C\CCCCCCCCC)COP(=O)(O)OCC[N+](C)(C)C. The summed E-state index contributed by atoms with van der Waals surface area (Å²) in [6.07, 6.45) is 73.2. The number of carbonyl (C=O) groups is 2. The minimum Gasteiger partial charge on any atom is -0.462 e. The Morgan fingerprint density at radius 1 is 0.427 bits per heavy atom. The first-order chi connectivity index (χ1) is 36.5. The van der Waals surface area contributed by atoms with Gasteiger partial charge >= 0.3 is 19.8 Å². The molecule has 1 N–H and O–H groups in total. The zero-order valence-electron chi connectivity index (χ0n) is 49.8. The summed E-state index contributed by atoms with van der Waals surface area (Å²) in [5.74, 6) is -0.795. The lowest BCUT2D eigenvalue weighted by Crippen LogP contribution is -2.37. The Kier molecular flexibility index (Phi) is 54.7. The van der Waals surface area contributed by atoms with Gasteiger partial charge < -0.3 is 18.9 Å². The van der Waals surface area contributed by atoms with E-state index in [0.29, 0.717) is 17.4 Å². The van der Waals surface area contributed by atoms with Crippen molar-refractivity contribution in [2.75, 3.05) is 47.5 Å². The van der Waals surface area contributed by atoms with E-state index in [4.69, 9.17) is 18.5 Å². The Bertz CT molecular complexity index is 1450. The molecule has 0 heterocycles. The number of carbonyl (C=O) groups excluding carboxylic acids is 2. The second-order valence-electron chi connectivity index (χ2n) is 22.4. The van der Waals surface area contributed by atoms with Gasteiger partial charge in [-0.15, -0.1) is 0 Å². The van der Waals surface area contributed by atoms with Gasteiger partial charge in [-0.25, -0.2) is 4.57 Å². The maximum absolute atomic E-state index is 12.8. The minimum absolute atomic E-state index is 0.0314. The summed E-state index contributed by atoms with van der Waals surface area (Å²) in [4.78, 5) is 35.7. The van der Waals surface area contributed by atoms with Crippen molar-refractivity contribution < 1.29 is 42.1 Å². The van der Waals surface area contributed by atoms with Crippen LogP contribution >= 0.6 is 7.82 Å². The van der Waals surface area contributed by atoms with Crippen molar-refractivity contribution in [3.8, 4) is 0 Å². The molecule has 75 heavy (non-hydrogen) atoms. The zero-order chi connectivity index (χ0) is 54.9. The lowest BCUT2D eigenvalue weighted by Gasteiger charge is -2.24. The van der Waals surface area contributed by atoms with Gasteiger partial charge in [0.2, 0.25) is 0 Å². The molecule has 0 fully saturated rings. The molecule has 0 saturated carbocycles. The largest absolute Gasteiger partial charge is 0.472 e. The highest BCUT2D eigenvalue weighted by atomic mass is 31.2. The third kappa shape index (κ3) is 60.8. The Morgan fingerprint density at radius 2 is 0.760 bits per heavy atom. The molecule has 0 aliphatic heterocycles. The highest BCUT2D eigenvalue weighted by Crippen LogP contribution is 2.43. The number of esters is 2. The molecular formula is C65H121NO8P+. The molecule has 9 nitrogen and oxygen atoms in total. The van der Waals surface area contributed by atoms with E-state index in [0.717, 1.165) is 77.0 Å². The van der Waals surface area contributed by atoms with Gasteiger partial charge in [-0.3, -0.25) is 18.6 Å². The predicted molar refractivity (Wildman–Crippen MR) is 321 cm³/mol. The van der Waals surface area contributed by atoms with Gasteiger partial charge in [0.05, 0.1) is 27.7 Å². The van der Waals surface area contributed by atoms with E-state index in [2.05, 4.69) is 74.6 Å². The smallest absolute Gasteiger partial charge is 0.462 e. The minimum atomic E-state index is -4.39. The molecule has 0 amide bonds. The summed E-state index contributed by atoms with van der Waals surface area (Å²) in [5.41, 5.74) is 0. The number of allylic oxidation sites excluding steroid dienone is 10. The lowest BCUT2D eigenvalue weighted by molar-refractivity contribution is -0.870. The molecule has 0 aliphatic rings. The third-order valence-corrected chi connectivity index (χ3v) is 14.8. The van der Waals surface area contributed by atoms with Crippen LogP contribution in [0.25, 0.3) is 0 Å². The standard InChI is InChI=1S/C65H120NO8P/c1-6-8-10-12-14-16-18-20-22-24-25-26-27-28-29-30-31-32-33-34-35-36-37-38-39-40-41-42-44-46-48-50-52-54-56-58-65(68)74-63(62-73-75(69,70)72-60-59-66(3,4)5)61-71-64(67)57-55-53-51-49-47-45-43-23-21-19-17-15-13-11-9-7-2/h8,10,14,16,20,22-23,25-26,43,63H,6-7,9,11-13,15,17-19,21,24,27-42,44-62H2,1-5H3/p+1/b10-8-,16-14-,22-20-,26-25-,43-23-. The molecule has 0 radical (unpaired) electrons. The average Bonchev–Trinajstić information content (AvgIpc) is 3.37.